The van der Waals surface area contributed by atoms with E-state index in [0.717, 1.165) is 63.5 Å². The second-order valence-electron chi connectivity index (χ2n) is 10.7. The number of halogens is 3. The molecule has 1 saturated carbocycles. The third kappa shape index (κ3) is 6.49. The van der Waals surface area contributed by atoms with Crippen LogP contribution >= 0.6 is 0 Å². The van der Waals surface area contributed by atoms with E-state index in [1.54, 1.807) is 18.2 Å². The average Bonchev–Trinajstić information content (AvgIpc) is 2.79. The first-order valence-electron chi connectivity index (χ1n) is 12.9. The predicted molar refractivity (Wildman–Crippen MR) is 131 cm³/mol. The number of carboxylic acids is 1. The van der Waals surface area contributed by atoms with E-state index in [2.05, 4.69) is 12.2 Å². The van der Waals surface area contributed by atoms with E-state index in [4.69, 9.17) is 4.74 Å². The Morgan fingerprint density at radius 1 is 1.17 bits per heavy atom. The molecule has 2 aromatic carbocycles. The van der Waals surface area contributed by atoms with E-state index >= 15 is 0 Å². The number of piperidine rings is 1. The molecule has 2 N–H and O–H groups in total. The van der Waals surface area contributed by atoms with Crippen LogP contribution in [0.4, 0.5) is 13.2 Å². The summed E-state index contributed by atoms with van der Waals surface area (Å²) in [5.41, 5.74) is -0.133. The van der Waals surface area contributed by atoms with Gasteiger partial charge in [0.25, 0.3) is 0 Å². The summed E-state index contributed by atoms with van der Waals surface area (Å²) in [6, 6.07) is 8.46. The summed E-state index contributed by atoms with van der Waals surface area (Å²) in [6.07, 6.45) is 2.83. The minimum Gasteiger partial charge on any atom is -0.490 e. The number of fused-ring (bicyclic) bond motifs is 1. The number of alkyl halides is 3. The maximum atomic E-state index is 14.3. The molecule has 2 fully saturated rings. The van der Waals surface area contributed by atoms with Crippen molar-refractivity contribution in [2.45, 2.75) is 83.4 Å². The molecule has 1 atom stereocenters. The lowest BCUT2D eigenvalue weighted by Gasteiger charge is -2.36. The third-order valence-corrected chi connectivity index (χ3v) is 7.85. The Morgan fingerprint density at radius 2 is 1.91 bits per heavy atom. The summed E-state index contributed by atoms with van der Waals surface area (Å²) in [7, 11) is 0. The van der Waals surface area contributed by atoms with Crippen LogP contribution < -0.4 is 10.1 Å². The number of benzene rings is 2. The zero-order valence-corrected chi connectivity index (χ0v) is 20.4. The van der Waals surface area contributed by atoms with E-state index in [0.29, 0.717) is 24.3 Å². The third-order valence-electron chi connectivity index (χ3n) is 7.85. The molecule has 7 heteroatoms. The van der Waals surface area contributed by atoms with Gasteiger partial charge in [-0.05, 0) is 98.1 Å². The van der Waals surface area contributed by atoms with Gasteiger partial charge in [-0.2, -0.15) is 13.2 Å². The van der Waals surface area contributed by atoms with Gasteiger partial charge in [0.15, 0.2) is 0 Å². The van der Waals surface area contributed by atoms with Gasteiger partial charge in [-0.1, -0.05) is 31.2 Å². The quantitative estimate of drug-likeness (QED) is 0.418. The van der Waals surface area contributed by atoms with Gasteiger partial charge in [0.1, 0.15) is 11.3 Å². The Labute approximate surface area is 205 Å². The van der Waals surface area contributed by atoms with E-state index in [1.807, 2.05) is 6.07 Å². The lowest BCUT2D eigenvalue weighted by atomic mass is 9.74. The zero-order valence-electron chi connectivity index (χ0n) is 20.4. The van der Waals surface area contributed by atoms with Crippen LogP contribution in [0.15, 0.2) is 30.3 Å². The minimum atomic E-state index is -4.52. The molecule has 0 aromatic heterocycles. The van der Waals surface area contributed by atoms with Crippen molar-refractivity contribution < 1.29 is 27.8 Å². The molecule has 0 bridgehead atoms. The van der Waals surface area contributed by atoms with Crippen LogP contribution in [0.25, 0.3) is 10.8 Å². The van der Waals surface area contributed by atoms with Crippen molar-refractivity contribution in [2.75, 3.05) is 13.1 Å². The fourth-order valence-corrected chi connectivity index (χ4v) is 5.89. The number of rotatable bonds is 8. The first-order valence-corrected chi connectivity index (χ1v) is 12.9. The van der Waals surface area contributed by atoms with Crippen molar-refractivity contribution in [3.05, 3.63) is 41.5 Å². The van der Waals surface area contributed by atoms with Crippen molar-refractivity contribution in [1.29, 1.82) is 0 Å². The fourth-order valence-electron chi connectivity index (χ4n) is 5.89. The van der Waals surface area contributed by atoms with E-state index < -0.39 is 17.7 Å². The van der Waals surface area contributed by atoms with Crippen LogP contribution in [0.3, 0.4) is 0 Å². The first-order chi connectivity index (χ1) is 16.7. The Balaban J connectivity index is 1.54. The van der Waals surface area contributed by atoms with Gasteiger partial charge < -0.3 is 15.2 Å². The molecule has 1 aliphatic carbocycles. The number of ether oxygens (including phenoxy) is 1. The molecule has 0 unspecified atom stereocenters. The molecule has 4 nitrogen and oxygen atoms in total. The SMILES string of the molecule is CC1CCC(Oc2ccc3ccc(CCC[C@]4(CC(=O)O)CCCNC4)cc3c2C(F)(F)F)CC1. The summed E-state index contributed by atoms with van der Waals surface area (Å²) >= 11 is 0. The van der Waals surface area contributed by atoms with Crippen molar-refractivity contribution in [3.63, 3.8) is 0 Å². The van der Waals surface area contributed by atoms with E-state index in [-0.39, 0.29) is 29.1 Å². The molecule has 0 amide bonds. The fraction of sp³-hybridized carbons (Fsp3) is 0.607. The highest BCUT2D eigenvalue weighted by atomic mass is 19.4. The molecule has 1 aliphatic heterocycles. The lowest BCUT2D eigenvalue weighted by molar-refractivity contribution is -0.140. The van der Waals surface area contributed by atoms with Gasteiger partial charge in [-0.15, -0.1) is 0 Å². The topological polar surface area (TPSA) is 58.6 Å². The number of hydrogen-bond donors (Lipinski definition) is 2. The molecule has 1 heterocycles. The minimum absolute atomic E-state index is 0.0737. The molecule has 1 saturated heterocycles. The maximum Gasteiger partial charge on any atom is 0.420 e. The monoisotopic (exact) mass is 491 g/mol. The largest absolute Gasteiger partial charge is 0.490 e. The van der Waals surface area contributed by atoms with Gasteiger partial charge >= 0.3 is 12.1 Å². The molecule has 0 spiro atoms. The van der Waals surface area contributed by atoms with Crippen molar-refractivity contribution >= 4 is 16.7 Å². The van der Waals surface area contributed by atoms with Crippen LogP contribution in [-0.4, -0.2) is 30.3 Å². The Morgan fingerprint density at radius 3 is 2.57 bits per heavy atom. The normalized spacial score (nSPS) is 25.5. The average molecular weight is 492 g/mol. The lowest BCUT2D eigenvalue weighted by Crippen LogP contribution is -2.41. The highest BCUT2D eigenvalue weighted by Gasteiger charge is 2.38. The maximum absolute atomic E-state index is 14.3. The highest BCUT2D eigenvalue weighted by Crippen LogP contribution is 2.43. The van der Waals surface area contributed by atoms with Crippen LogP contribution in [0.5, 0.6) is 5.75 Å². The molecular formula is C28H36F3NO3. The summed E-state index contributed by atoms with van der Waals surface area (Å²) in [4.78, 5) is 11.4. The number of nitrogens with one attached hydrogen (secondary N) is 1. The zero-order chi connectivity index (χ0) is 25.1. The molecule has 2 aliphatic rings. The second-order valence-corrected chi connectivity index (χ2v) is 10.7. The highest BCUT2D eigenvalue weighted by molar-refractivity contribution is 5.89. The number of hydrogen-bond acceptors (Lipinski definition) is 3. The molecule has 2 aromatic rings. The van der Waals surface area contributed by atoms with Crippen molar-refractivity contribution in [3.8, 4) is 5.75 Å². The summed E-state index contributed by atoms with van der Waals surface area (Å²) < 4.78 is 48.7. The second kappa shape index (κ2) is 10.8. The summed E-state index contributed by atoms with van der Waals surface area (Å²) in [5, 5.41) is 13.4. The summed E-state index contributed by atoms with van der Waals surface area (Å²) in [5.74, 6) is -0.278. The van der Waals surface area contributed by atoms with Gasteiger partial charge in [-0.25, -0.2) is 0 Å². The Kier molecular flexibility index (Phi) is 7.94. The van der Waals surface area contributed by atoms with Crippen LogP contribution in [0.1, 0.15) is 75.8 Å². The standard InChI is InChI=1S/C28H36F3NO3/c1-19-5-10-22(11-6-19)35-24-12-9-21-8-7-20(16-23(21)26(24)28(29,30)31)4-2-13-27(17-25(33)34)14-3-15-32-18-27/h7-9,12,16,19,22,32H,2-6,10-11,13-15,17-18H2,1H3,(H,33,34)/t19?,22?,27-/m1/s1. The van der Waals surface area contributed by atoms with E-state index in [1.165, 1.54) is 6.07 Å². The van der Waals surface area contributed by atoms with Gasteiger partial charge in [0.05, 0.1) is 12.5 Å². The predicted octanol–water partition coefficient (Wildman–Crippen LogP) is 6.98. The Hall–Kier alpha value is -2.28. The number of aryl methyl sites for hydroxylation is 1. The van der Waals surface area contributed by atoms with E-state index in [9.17, 15) is 23.1 Å². The number of carbonyl (C=O) groups is 1. The van der Waals surface area contributed by atoms with Gasteiger partial charge in [-0.3, -0.25) is 4.79 Å². The van der Waals surface area contributed by atoms with Crippen LogP contribution in [-0.2, 0) is 17.4 Å². The van der Waals surface area contributed by atoms with Crippen molar-refractivity contribution in [2.24, 2.45) is 11.3 Å². The molecule has 35 heavy (non-hydrogen) atoms. The first kappa shape index (κ1) is 25.8. The van der Waals surface area contributed by atoms with Crippen LogP contribution in [0.2, 0.25) is 0 Å². The molecule has 4 rings (SSSR count). The smallest absolute Gasteiger partial charge is 0.420 e. The van der Waals surface area contributed by atoms with Crippen molar-refractivity contribution in [1.82, 2.24) is 5.32 Å². The number of carboxylic acid groups (broad SMARTS) is 1. The number of aliphatic carboxylic acids is 1. The summed E-state index contributed by atoms with van der Waals surface area (Å²) in [6.45, 7) is 3.75. The van der Waals surface area contributed by atoms with Gasteiger partial charge in [0.2, 0.25) is 0 Å². The molecule has 192 valence electrons. The molecular weight excluding hydrogens is 455 g/mol. The molecule has 0 radical (unpaired) electrons. The Bertz CT molecular complexity index is 1020. The van der Waals surface area contributed by atoms with Gasteiger partial charge in [0, 0.05) is 6.54 Å². The van der Waals surface area contributed by atoms with Crippen LogP contribution in [0, 0.1) is 11.3 Å².